The van der Waals surface area contributed by atoms with Crippen molar-refractivity contribution in [1.82, 2.24) is 9.88 Å². The average molecular weight is 253 g/mol. The van der Waals surface area contributed by atoms with Crippen LogP contribution >= 0.6 is 11.3 Å². The van der Waals surface area contributed by atoms with Crippen LogP contribution in [0.1, 0.15) is 37.5 Å². The van der Waals surface area contributed by atoms with Gasteiger partial charge >= 0.3 is 0 Å². The molecule has 1 heterocycles. The lowest BCUT2D eigenvalue weighted by atomic mass is 9.83. The van der Waals surface area contributed by atoms with E-state index in [1.54, 1.807) is 11.3 Å². The fourth-order valence-electron chi connectivity index (χ4n) is 2.93. The fraction of sp³-hybridized carbons (Fsp3) is 0.769. The van der Waals surface area contributed by atoms with Crippen LogP contribution in [0.4, 0.5) is 0 Å². The molecular formula is C13H23N3S. The number of nitrogens with zero attached hydrogens (tertiary/aromatic N) is 2. The Morgan fingerprint density at radius 1 is 1.47 bits per heavy atom. The van der Waals surface area contributed by atoms with E-state index < -0.39 is 0 Å². The Morgan fingerprint density at radius 2 is 2.29 bits per heavy atom. The number of thiazole rings is 1. The summed E-state index contributed by atoms with van der Waals surface area (Å²) < 4.78 is 0. The number of rotatable bonds is 5. The molecule has 0 aromatic carbocycles. The fourth-order valence-corrected chi connectivity index (χ4v) is 3.55. The van der Waals surface area contributed by atoms with Gasteiger partial charge in [0.05, 0.1) is 5.51 Å². The summed E-state index contributed by atoms with van der Waals surface area (Å²) in [5.74, 6) is 0.691. The Kier molecular flexibility index (Phi) is 4.95. The van der Waals surface area contributed by atoms with Crippen molar-refractivity contribution in [2.24, 2.45) is 11.7 Å². The predicted molar refractivity (Wildman–Crippen MR) is 73.0 cm³/mol. The Bertz CT molecular complexity index is 312. The molecule has 2 atom stereocenters. The van der Waals surface area contributed by atoms with Gasteiger partial charge in [-0.2, -0.15) is 0 Å². The Labute approximate surface area is 108 Å². The van der Waals surface area contributed by atoms with Crippen LogP contribution in [0.25, 0.3) is 0 Å². The van der Waals surface area contributed by atoms with E-state index in [4.69, 9.17) is 5.73 Å². The molecule has 17 heavy (non-hydrogen) atoms. The van der Waals surface area contributed by atoms with Crippen LogP contribution in [0.5, 0.6) is 0 Å². The minimum atomic E-state index is 0.681. The highest BCUT2D eigenvalue weighted by Gasteiger charge is 2.28. The molecule has 0 radical (unpaired) electrons. The lowest BCUT2D eigenvalue weighted by molar-refractivity contribution is 0.106. The van der Waals surface area contributed by atoms with E-state index in [1.807, 2.05) is 11.7 Å². The molecule has 0 aliphatic heterocycles. The first kappa shape index (κ1) is 13.0. The molecule has 0 spiro atoms. The number of hydrogen-bond donors (Lipinski definition) is 1. The van der Waals surface area contributed by atoms with Gasteiger partial charge in [-0.3, -0.25) is 9.88 Å². The molecule has 2 unspecified atom stereocenters. The molecule has 2 N–H and O–H groups in total. The average Bonchev–Trinajstić information content (AvgIpc) is 2.89. The molecule has 0 bridgehead atoms. The minimum absolute atomic E-state index is 0.681. The van der Waals surface area contributed by atoms with Gasteiger partial charge in [-0.05, 0) is 31.8 Å². The molecule has 0 amide bonds. The maximum atomic E-state index is 5.92. The number of nitrogens with two attached hydrogens (primary N) is 1. The Hall–Kier alpha value is -0.450. The molecule has 96 valence electrons. The first-order valence-electron chi connectivity index (χ1n) is 6.66. The highest BCUT2D eigenvalue weighted by atomic mass is 32.1. The first-order chi connectivity index (χ1) is 8.35. The summed E-state index contributed by atoms with van der Waals surface area (Å²) >= 11 is 1.76. The topological polar surface area (TPSA) is 42.2 Å². The third-order valence-electron chi connectivity index (χ3n) is 3.89. The van der Waals surface area contributed by atoms with Crippen molar-refractivity contribution in [3.63, 3.8) is 0 Å². The van der Waals surface area contributed by atoms with E-state index in [1.165, 1.54) is 30.6 Å². The van der Waals surface area contributed by atoms with Crippen LogP contribution in [-0.4, -0.2) is 29.0 Å². The number of hydrogen-bond acceptors (Lipinski definition) is 4. The lowest BCUT2D eigenvalue weighted by Crippen LogP contribution is -2.44. The maximum absolute atomic E-state index is 5.92. The first-order valence-corrected chi connectivity index (χ1v) is 7.54. The van der Waals surface area contributed by atoms with E-state index in [0.717, 1.165) is 19.6 Å². The summed E-state index contributed by atoms with van der Waals surface area (Å²) in [6.45, 7) is 5.24. The van der Waals surface area contributed by atoms with E-state index in [9.17, 15) is 0 Å². The molecule has 1 aromatic rings. The quantitative estimate of drug-likeness (QED) is 0.876. The summed E-state index contributed by atoms with van der Waals surface area (Å²) in [5, 5.41) is 0. The zero-order valence-electron chi connectivity index (χ0n) is 10.6. The highest BCUT2D eigenvalue weighted by Crippen LogP contribution is 2.29. The van der Waals surface area contributed by atoms with E-state index >= 15 is 0 Å². The molecule has 1 saturated carbocycles. The van der Waals surface area contributed by atoms with Crippen molar-refractivity contribution in [2.75, 3.05) is 13.1 Å². The smallest absolute Gasteiger partial charge is 0.0794 e. The summed E-state index contributed by atoms with van der Waals surface area (Å²) in [5.41, 5.74) is 7.84. The lowest BCUT2D eigenvalue weighted by Gasteiger charge is -2.39. The number of aromatic nitrogens is 1. The van der Waals surface area contributed by atoms with E-state index in [-0.39, 0.29) is 0 Å². The zero-order valence-corrected chi connectivity index (χ0v) is 11.5. The summed E-state index contributed by atoms with van der Waals surface area (Å²) in [6, 6.07) is 0.681. The normalized spacial score (nSPS) is 25.4. The monoisotopic (exact) mass is 253 g/mol. The van der Waals surface area contributed by atoms with Gasteiger partial charge in [0.15, 0.2) is 0 Å². The van der Waals surface area contributed by atoms with Gasteiger partial charge in [0, 0.05) is 23.7 Å². The van der Waals surface area contributed by atoms with Gasteiger partial charge in [-0.1, -0.05) is 19.8 Å². The second-order valence-electron chi connectivity index (χ2n) is 4.88. The molecule has 1 aliphatic carbocycles. The summed E-state index contributed by atoms with van der Waals surface area (Å²) in [4.78, 5) is 8.12. The maximum Gasteiger partial charge on any atom is 0.0794 e. The molecule has 3 nitrogen and oxygen atoms in total. The molecule has 1 aliphatic rings. The third kappa shape index (κ3) is 3.27. The standard InChI is InChI=1S/C13H23N3S/c1-2-16(9-12-8-15-10-17-12)13-6-4-3-5-11(13)7-14/h8,10-11,13H,2-7,9,14H2,1H3. The largest absolute Gasteiger partial charge is 0.330 e. The van der Waals surface area contributed by atoms with Crippen LogP contribution < -0.4 is 5.73 Å². The molecule has 1 fully saturated rings. The summed E-state index contributed by atoms with van der Waals surface area (Å²) in [6.07, 6.45) is 7.33. The van der Waals surface area contributed by atoms with E-state index in [0.29, 0.717) is 12.0 Å². The molecule has 1 aromatic heterocycles. The SMILES string of the molecule is CCN(Cc1cncs1)C1CCCCC1CN. The van der Waals surface area contributed by atoms with Gasteiger partial charge in [0.25, 0.3) is 0 Å². The van der Waals surface area contributed by atoms with Crippen LogP contribution in [0, 0.1) is 5.92 Å². The predicted octanol–water partition coefficient (Wildman–Crippen LogP) is 2.48. The van der Waals surface area contributed by atoms with Gasteiger partial charge in [-0.25, -0.2) is 0 Å². The second-order valence-corrected chi connectivity index (χ2v) is 5.85. The molecule has 2 rings (SSSR count). The third-order valence-corrected chi connectivity index (χ3v) is 4.65. The van der Waals surface area contributed by atoms with Gasteiger partial charge in [0.2, 0.25) is 0 Å². The van der Waals surface area contributed by atoms with Crippen molar-refractivity contribution < 1.29 is 0 Å². The molecule has 4 heteroatoms. The van der Waals surface area contributed by atoms with Crippen molar-refractivity contribution in [3.05, 3.63) is 16.6 Å². The van der Waals surface area contributed by atoms with Crippen LogP contribution in [0.15, 0.2) is 11.7 Å². The second kappa shape index (κ2) is 6.47. The summed E-state index contributed by atoms with van der Waals surface area (Å²) in [7, 11) is 0. The van der Waals surface area contributed by atoms with Crippen LogP contribution in [0.2, 0.25) is 0 Å². The molecular weight excluding hydrogens is 230 g/mol. The van der Waals surface area contributed by atoms with Gasteiger partial charge in [-0.15, -0.1) is 11.3 Å². The minimum Gasteiger partial charge on any atom is -0.330 e. The van der Waals surface area contributed by atoms with Gasteiger partial charge in [0.1, 0.15) is 0 Å². The van der Waals surface area contributed by atoms with Gasteiger partial charge < -0.3 is 5.73 Å². The van der Waals surface area contributed by atoms with Crippen LogP contribution in [-0.2, 0) is 6.54 Å². The Balaban J connectivity index is 2.00. The van der Waals surface area contributed by atoms with Crippen molar-refractivity contribution >= 4 is 11.3 Å². The van der Waals surface area contributed by atoms with Crippen molar-refractivity contribution in [2.45, 2.75) is 45.2 Å². The zero-order chi connectivity index (χ0) is 12.1. The molecule has 0 saturated heterocycles. The van der Waals surface area contributed by atoms with E-state index in [2.05, 4.69) is 16.8 Å². The Morgan fingerprint density at radius 3 is 2.94 bits per heavy atom. The van der Waals surface area contributed by atoms with Crippen LogP contribution in [0.3, 0.4) is 0 Å². The van der Waals surface area contributed by atoms with Crippen molar-refractivity contribution in [3.8, 4) is 0 Å². The highest BCUT2D eigenvalue weighted by molar-refractivity contribution is 7.09. The van der Waals surface area contributed by atoms with Crippen molar-refractivity contribution in [1.29, 1.82) is 0 Å².